The summed E-state index contributed by atoms with van der Waals surface area (Å²) in [6.07, 6.45) is -6.03. The number of esters is 2. The molecule has 0 aromatic carbocycles. The topological polar surface area (TPSA) is 161 Å². The third kappa shape index (κ3) is 3.43. The first-order valence-corrected chi connectivity index (χ1v) is 9.18. The van der Waals surface area contributed by atoms with E-state index in [2.05, 4.69) is 0 Å². The van der Waals surface area contributed by atoms with Crippen LogP contribution in [0.5, 0.6) is 0 Å². The maximum Gasteiger partial charge on any atom is 0.338 e. The number of aliphatic hydroxyl groups is 4. The highest BCUT2D eigenvalue weighted by molar-refractivity contribution is 5.92. The number of ether oxygens (including phenoxy) is 5. The molecule has 160 valence electrons. The molecule has 3 heterocycles. The minimum Gasteiger partial charge on any atom is -0.471 e. The van der Waals surface area contributed by atoms with Gasteiger partial charge in [0.2, 0.25) is 6.29 Å². The summed E-state index contributed by atoms with van der Waals surface area (Å²) in [5, 5.41) is 39.4. The van der Waals surface area contributed by atoms with E-state index in [-0.39, 0.29) is 6.61 Å². The molecule has 0 radical (unpaired) electrons. The molecule has 2 saturated heterocycles. The lowest BCUT2D eigenvalue weighted by atomic mass is 9.84. The van der Waals surface area contributed by atoms with Gasteiger partial charge >= 0.3 is 11.9 Å². The first-order valence-electron chi connectivity index (χ1n) is 9.18. The quantitative estimate of drug-likeness (QED) is 0.283. The molecule has 0 unspecified atom stereocenters. The van der Waals surface area contributed by atoms with Crippen molar-refractivity contribution in [3.05, 3.63) is 23.5 Å². The highest BCUT2D eigenvalue weighted by Crippen LogP contribution is 2.49. The van der Waals surface area contributed by atoms with Gasteiger partial charge in [0, 0.05) is 12.8 Å². The Morgan fingerprint density at radius 2 is 1.90 bits per heavy atom. The summed E-state index contributed by atoms with van der Waals surface area (Å²) < 4.78 is 27.0. The predicted octanol–water partition coefficient (Wildman–Crippen LogP) is -2.30. The third-order valence-corrected chi connectivity index (χ3v) is 5.57. The molecule has 1 aliphatic carbocycles. The van der Waals surface area contributed by atoms with Crippen LogP contribution >= 0.6 is 0 Å². The summed E-state index contributed by atoms with van der Waals surface area (Å²) in [5.74, 6) is -1.99. The molecule has 4 aliphatic rings. The molecule has 0 aromatic rings. The number of hydrogen-bond donors (Lipinski definition) is 4. The summed E-state index contributed by atoms with van der Waals surface area (Å²) in [6.45, 7) is 0.602. The largest absolute Gasteiger partial charge is 0.471 e. The van der Waals surface area contributed by atoms with E-state index in [0.29, 0.717) is 11.1 Å². The van der Waals surface area contributed by atoms with Gasteiger partial charge in [0.15, 0.2) is 6.29 Å². The van der Waals surface area contributed by atoms with E-state index in [0.717, 1.165) is 0 Å². The van der Waals surface area contributed by atoms with Crippen LogP contribution in [0, 0.1) is 11.8 Å². The van der Waals surface area contributed by atoms with Crippen molar-refractivity contribution in [3.8, 4) is 0 Å². The van der Waals surface area contributed by atoms with Crippen LogP contribution in [0.15, 0.2) is 23.5 Å². The van der Waals surface area contributed by atoms with Gasteiger partial charge in [-0.1, -0.05) is 0 Å². The molecule has 29 heavy (non-hydrogen) atoms. The maximum atomic E-state index is 12.0. The summed E-state index contributed by atoms with van der Waals surface area (Å²) in [7, 11) is 0. The van der Waals surface area contributed by atoms with E-state index in [1.54, 1.807) is 6.08 Å². The highest BCUT2D eigenvalue weighted by atomic mass is 16.8. The monoisotopic (exact) mass is 414 g/mol. The zero-order valence-electron chi connectivity index (χ0n) is 15.4. The molecule has 0 spiro atoms. The molecule has 0 amide bonds. The second-order valence-corrected chi connectivity index (χ2v) is 7.35. The highest BCUT2D eigenvalue weighted by Gasteiger charge is 2.56. The summed E-state index contributed by atoms with van der Waals surface area (Å²) in [6, 6.07) is 0. The number of carbonyl (C=O) groups is 2. The molecular weight excluding hydrogens is 392 g/mol. The third-order valence-electron chi connectivity index (χ3n) is 5.57. The fourth-order valence-corrected chi connectivity index (χ4v) is 4.12. The van der Waals surface area contributed by atoms with Crippen LogP contribution in [0.1, 0.15) is 6.92 Å². The van der Waals surface area contributed by atoms with E-state index in [4.69, 9.17) is 23.7 Å². The molecular formula is C18H22O11. The lowest BCUT2D eigenvalue weighted by Crippen LogP contribution is -2.60. The zero-order chi connectivity index (χ0) is 20.9. The van der Waals surface area contributed by atoms with Crippen molar-refractivity contribution < 1.29 is 53.7 Å². The SMILES string of the molecule is CC(=O)OCC1=C[C@@H]2OC(=O)C3=CO[C@@H](O[C@@H]4O[C@@H](CO)[C@H](O)[C@@H](O)[C@@H]4O)[C@H]1[C@@H]32. The molecule has 11 heteroatoms. The molecule has 2 fully saturated rings. The Labute approximate surface area is 165 Å². The number of hydrogen-bond acceptors (Lipinski definition) is 11. The number of aliphatic hydroxyl groups excluding tert-OH is 4. The maximum absolute atomic E-state index is 12.0. The van der Waals surface area contributed by atoms with Crippen LogP contribution in [0.25, 0.3) is 0 Å². The van der Waals surface area contributed by atoms with Gasteiger partial charge in [-0.05, 0) is 11.6 Å². The van der Waals surface area contributed by atoms with Gasteiger partial charge in [0.25, 0.3) is 0 Å². The van der Waals surface area contributed by atoms with E-state index < -0.39 is 73.5 Å². The Morgan fingerprint density at radius 3 is 2.59 bits per heavy atom. The van der Waals surface area contributed by atoms with Gasteiger partial charge in [-0.3, -0.25) is 4.79 Å². The minimum absolute atomic E-state index is 0.0598. The molecule has 11 nitrogen and oxygen atoms in total. The zero-order valence-corrected chi connectivity index (χ0v) is 15.4. The van der Waals surface area contributed by atoms with Crippen LogP contribution in [0.3, 0.4) is 0 Å². The van der Waals surface area contributed by atoms with E-state index in [1.807, 2.05) is 0 Å². The summed E-state index contributed by atoms with van der Waals surface area (Å²) >= 11 is 0. The first kappa shape index (κ1) is 20.3. The molecule has 3 aliphatic heterocycles. The first-order chi connectivity index (χ1) is 13.8. The Balaban J connectivity index is 1.56. The van der Waals surface area contributed by atoms with Crippen molar-refractivity contribution >= 4 is 11.9 Å². The second-order valence-electron chi connectivity index (χ2n) is 7.35. The fourth-order valence-electron chi connectivity index (χ4n) is 4.12. The van der Waals surface area contributed by atoms with E-state index >= 15 is 0 Å². The van der Waals surface area contributed by atoms with Gasteiger partial charge < -0.3 is 44.1 Å². The van der Waals surface area contributed by atoms with Crippen LogP contribution < -0.4 is 0 Å². The van der Waals surface area contributed by atoms with Gasteiger partial charge in [0.1, 0.15) is 37.1 Å². The Bertz CT molecular complexity index is 744. The average molecular weight is 414 g/mol. The molecule has 9 atom stereocenters. The molecule has 4 N–H and O–H groups in total. The van der Waals surface area contributed by atoms with Crippen molar-refractivity contribution in [1.82, 2.24) is 0 Å². The van der Waals surface area contributed by atoms with Crippen molar-refractivity contribution in [3.63, 3.8) is 0 Å². The standard InChI is InChI=1S/C18H22O11/c1-6(20)25-4-7-2-9-12-8(16(24)27-9)5-26-17(11(7)12)29-18-15(23)14(22)13(21)10(3-19)28-18/h2,5,9-15,17-19,21-23H,3-4H2,1H3/t9-,10-,11+,12-,13-,14+,15-,17-,18-/m0/s1. The fraction of sp³-hybridized carbons (Fsp3) is 0.667. The lowest BCUT2D eigenvalue weighted by molar-refractivity contribution is -0.339. The Kier molecular flexibility index (Phi) is 5.36. The van der Waals surface area contributed by atoms with Gasteiger partial charge in [-0.15, -0.1) is 0 Å². The van der Waals surface area contributed by atoms with Gasteiger partial charge in [0.05, 0.1) is 24.4 Å². The molecule has 0 aromatic heterocycles. The molecule has 0 bridgehead atoms. The lowest BCUT2D eigenvalue weighted by Gasteiger charge is -2.42. The normalized spacial score (nSPS) is 43.1. The van der Waals surface area contributed by atoms with Gasteiger partial charge in [-0.25, -0.2) is 4.79 Å². The second kappa shape index (κ2) is 7.67. The van der Waals surface area contributed by atoms with Crippen molar-refractivity contribution in [2.45, 2.75) is 50.0 Å². The summed E-state index contributed by atoms with van der Waals surface area (Å²) in [4.78, 5) is 23.2. The van der Waals surface area contributed by atoms with E-state index in [9.17, 15) is 30.0 Å². The Hall–Kier alpha value is -2.02. The van der Waals surface area contributed by atoms with Crippen LogP contribution in [0.2, 0.25) is 0 Å². The Morgan fingerprint density at radius 1 is 1.14 bits per heavy atom. The van der Waals surface area contributed by atoms with Crippen LogP contribution in [0.4, 0.5) is 0 Å². The van der Waals surface area contributed by atoms with E-state index in [1.165, 1.54) is 13.2 Å². The minimum atomic E-state index is -1.61. The van der Waals surface area contributed by atoms with Crippen molar-refractivity contribution in [2.24, 2.45) is 11.8 Å². The van der Waals surface area contributed by atoms with Crippen LogP contribution in [-0.2, 0) is 33.3 Å². The predicted molar refractivity (Wildman–Crippen MR) is 89.4 cm³/mol. The number of carbonyl (C=O) groups excluding carboxylic acids is 2. The molecule has 4 rings (SSSR count). The smallest absolute Gasteiger partial charge is 0.338 e. The van der Waals surface area contributed by atoms with Crippen molar-refractivity contribution in [1.29, 1.82) is 0 Å². The van der Waals surface area contributed by atoms with Crippen molar-refractivity contribution in [2.75, 3.05) is 13.2 Å². The van der Waals surface area contributed by atoms with Crippen LogP contribution in [-0.4, -0.2) is 88.7 Å². The summed E-state index contributed by atoms with van der Waals surface area (Å²) in [5.41, 5.74) is 0.936. The average Bonchev–Trinajstić information content (AvgIpc) is 3.20. The van der Waals surface area contributed by atoms with Gasteiger partial charge in [-0.2, -0.15) is 0 Å². The number of rotatable bonds is 5. The molecule has 0 saturated carbocycles.